The minimum atomic E-state index is -1.49. The van der Waals surface area contributed by atoms with Crippen LogP contribution in [-0.2, 0) is 2.85 Å². The van der Waals surface area contributed by atoms with Crippen LogP contribution >= 0.6 is 0 Å². The van der Waals surface area contributed by atoms with Crippen molar-refractivity contribution in [2.45, 2.75) is 67.7 Å². The summed E-state index contributed by atoms with van der Waals surface area (Å²) < 4.78 is 9.04. The Bertz CT molecular complexity index is 98.5. The first-order chi connectivity index (χ1) is 6.85. The summed E-state index contributed by atoms with van der Waals surface area (Å²) in [6.45, 7) is 7.88. The molecule has 84 valence electrons. The normalized spacial score (nSPS) is 10.5. The van der Waals surface area contributed by atoms with Crippen molar-refractivity contribution in [2.24, 2.45) is 0 Å². The van der Waals surface area contributed by atoms with Gasteiger partial charge in [0.05, 0.1) is 0 Å². The second-order valence-electron chi connectivity index (χ2n) is 4.13. The molecule has 14 heavy (non-hydrogen) atoms. The molecule has 0 bridgehead atoms. The molecule has 2 heteroatoms. The fourth-order valence-electron chi connectivity index (χ4n) is 1.57. The molecule has 0 amide bonds. The van der Waals surface area contributed by atoms with Crippen molar-refractivity contribution >= 4 is 21.9 Å². The molecule has 0 aromatic rings. The molecule has 0 atom stereocenters. The van der Waals surface area contributed by atoms with Crippen molar-refractivity contribution in [3.05, 3.63) is 0 Å². The summed E-state index contributed by atoms with van der Waals surface area (Å²) in [7, 11) is 0. The van der Waals surface area contributed by atoms with E-state index in [2.05, 4.69) is 20.8 Å². The predicted octanol–water partition coefficient (Wildman–Crippen LogP) is 4.39. The molecular weight excluding hydrogens is 275 g/mol. The van der Waals surface area contributed by atoms with E-state index < -0.39 is 21.9 Å². The van der Waals surface area contributed by atoms with Crippen LogP contribution in [0.1, 0.15) is 59.3 Å². The number of hydrogen-bond acceptors (Lipinski definition) is 1. The number of hydrogen-bond donors (Lipinski definition) is 0. The molecule has 0 radical (unpaired) electrons. The van der Waals surface area contributed by atoms with Crippen LogP contribution in [-0.4, -0.2) is 28.5 Å². The van der Waals surface area contributed by atoms with Crippen molar-refractivity contribution in [1.29, 1.82) is 0 Å². The van der Waals surface area contributed by atoms with E-state index in [1.165, 1.54) is 46.9 Å². The van der Waals surface area contributed by atoms with Crippen LogP contribution in [0.15, 0.2) is 0 Å². The molecule has 0 saturated carbocycles. The van der Waals surface area contributed by atoms with Crippen LogP contribution in [0.5, 0.6) is 0 Å². The van der Waals surface area contributed by atoms with Gasteiger partial charge in [-0.05, 0) is 0 Å². The molecule has 0 aliphatic rings. The Balaban J connectivity index is 3.49. The Labute approximate surface area is 98.8 Å². The Morgan fingerprint density at radius 3 is 1.71 bits per heavy atom. The average molecular weight is 302 g/mol. The zero-order chi connectivity index (χ0) is 10.6. The second-order valence-corrected chi connectivity index (χ2v) is 11.9. The Morgan fingerprint density at radius 2 is 1.29 bits per heavy atom. The second kappa shape index (κ2) is 11.9. The van der Waals surface area contributed by atoms with Crippen LogP contribution in [0.2, 0.25) is 8.35 Å². The van der Waals surface area contributed by atoms with Crippen molar-refractivity contribution in [1.82, 2.24) is 0 Å². The molecular formula is C12H27InO. The molecule has 0 heterocycles. The summed E-state index contributed by atoms with van der Waals surface area (Å²) in [5.74, 6) is 0. The molecule has 0 aliphatic carbocycles. The van der Waals surface area contributed by atoms with Gasteiger partial charge in [-0.3, -0.25) is 0 Å². The minimum absolute atomic E-state index is 1.06. The molecule has 0 spiro atoms. The van der Waals surface area contributed by atoms with E-state index in [1.807, 2.05) is 0 Å². The van der Waals surface area contributed by atoms with Gasteiger partial charge in [-0.15, -0.1) is 0 Å². The van der Waals surface area contributed by atoms with E-state index in [-0.39, 0.29) is 0 Å². The molecule has 0 saturated heterocycles. The van der Waals surface area contributed by atoms with Crippen molar-refractivity contribution in [3.63, 3.8) is 0 Å². The zero-order valence-corrected chi connectivity index (χ0v) is 13.6. The molecule has 0 unspecified atom stereocenters. The van der Waals surface area contributed by atoms with Crippen LogP contribution in [0.25, 0.3) is 0 Å². The van der Waals surface area contributed by atoms with Crippen molar-refractivity contribution < 1.29 is 2.85 Å². The van der Waals surface area contributed by atoms with Gasteiger partial charge >= 0.3 is 99.0 Å². The molecule has 0 rings (SSSR count). The molecule has 0 fully saturated rings. The van der Waals surface area contributed by atoms with E-state index in [4.69, 9.17) is 2.85 Å². The van der Waals surface area contributed by atoms with E-state index in [0.717, 1.165) is 6.61 Å². The molecule has 0 aromatic carbocycles. The van der Waals surface area contributed by atoms with Gasteiger partial charge in [0.25, 0.3) is 0 Å². The van der Waals surface area contributed by atoms with E-state index >= 15 is 0 Å². The zero-order valence-electron chi connectivity index (χ0n) is 10.3. The maximum absolute atomic E-state index is 6.10. The van der Waals surface area contributed by atoms with E-state index in [9.17, 15) is 0 Å². The third-order valence-electron chi connectivity index (χ3n) is 2.61. The SMILES string of the molecule is CCCC[O][In]([CH2]CCC)[CH2]CCC. The molecule has 0 N–H and O–H groups in total. The van der Waals surface area contributed by atoms with Crippen molar-refractivity contribution in [2.75, 3.05) is 6.61 Å². The summed E-state index contributed by atoms with van der Waals surface area (Å²) >= 11 is -1.49. The van der Waals surface area contributed by atoms with Gasteiger partial charge < -0.3 is 0 Å². The van der Waals surface area contributed by atoms with Crippen LogP contribution in [0, 0.1) is 0 Å². The molecule has 1 nitrogen and oxygen atoms in total. The maximum atomic E-state index is 6.10. The first kappa shape index (κ1) is 14.8. The number of rotatable bonds is 10. The fourth-order valence-corrected chi connectivity index (χ4v) is 9.70. The van der Waals surface area contributed by atoms with Crippen LogP contribution in [0.3, 0.4) is 0 Å². The van der Waals surface area contributed by atoms with Gasteiger partial charge in [-0.25, -0.2) is 0 Å². The summed E-state index contributed by atoms with van der Waals surface area (Å²) in [4.78, 5) is 0. The molecule has 0 aromatic heterocycles. The van der Waals surface area contributed by atoms with Crippen LogP contribution < -0.4 is 0 Å². The van der Waals surface area contributed by atoms with Gasteiger partial charge in [-0.1, -0.05) is 0 Å². The predicted molar refractivity (Wildman–Crippen MR) is 66.0 cm³/mol. The first-order valence-electron chi connectivity index (χ1n) is 6.46. The monoisotopic (exact) mass is 302 g/mol. The van der Waals surface area contributed by atoms with E-state index in [0.29, 0.717) is 0 Å². The summed E-state index contributed by atoms with van der Waals surface area (Å²) in [6.07, 6.45) is 8.06. The van der Waals surface area contributed by atoms with Gasteiger partial charge in [0.2, 0.25) is 0 Å². The fraction of sp³-hybridized carbons (Fsp3) is 1.00. The Morgan fingerprint density at radius 1 is 0.786 bits per heavy atom. The third-order valence-corrected chi connectivity index (χ3v) is 10.6. The van der Waals surface area contributed by atoms with Crippen molar-refractivity contribution in [3.8, 4) is 0 Å². The summed E-state index contributed by atoms with van der Waals surface area (Å²) in [6, 6.07) is 0. The Kier molecular flexibility index (Phi) is 12.6. The van der Waals surface area contributed by atoms with E-state index in [1.54, 1.807) is 0 Å². The van der Waals surface area contributed by atoms with Gasteiger partial charge in [-0.2, -0.15) is 0 Å². The van der Waals surface area contributed by atoms with Gasteiger partial charge in [0, 0.05) is 0 Å². The average Bonchev–Trinajstić information content (AvgIpc) is 2.21. The Hall–Kier alpha value is 0.830. The van der Waals surface area contributed by atoms with Gasteiger partial charge in [0.15, 0.2) is 0 Å². The third kappa shape index (κ3) is 9.39. The topological polar surface area (TPSA) is 9.23 Å². The quantitative estimate of drug-likeness (QED) is 0.544. The summed E-state index contributed by atoms with van der Waals surface area (Å²) in [5, 5.41) is 0. The standard InChI is InChI=1S/C4H9O.2C4H9.In/c1-2-3-4-5;2*1-3-4-2;/h2-4H2,1H3;2*1,3-4H2,2H3;/q-1;;;+1. The van der Waals surface area contributed by atoms with Gasteiger partial charge in [0.1, 0.15) is 0 Å². The first-order valence-corrected chi connectivity index (χ1v) is 12.5. The molecule has 0 aliphatic heterocycles. The van der Waals surface area contributed by atoms with Crippen LogP contribution in [0.4, 0.5) is 0 Å². The summed E-state index contributed by atoms with van der Waals surface area (Å²) in [5.41, 5.74) is 0. The number of unbranched alkanes of at least 4 members (excludes halogenated alkanes) is 3.